The van der Waals surface area contributed by atoms with E-state index in [4.69, 9.17) is 18.0 Å². The van der Waals surface area contributed by atoms with Gasteiger partial charge in [-0.15, -0.1) is 22.5 Å². The number of nitrogens with zero attached hydrogens (tertiary/aromatic N) is 2. The van der Waals surface area contributed by atoms with Crippen molar-refractivity contribution >= 4 is 17.5 Å². The van der Waals surface area contributed by atoms with Gasteiger partial charge in [0.05, 0.1) is 0 Å². The van der Waals surface area contributed by atoms with Gasteiger partial charge in [-0.05, 0) is 25.0 Å². The highest BCUT2D eigenvalue weighted by atomic mass is 35.5. The molecule has 5 heteroatoms. The van der Waals surface area contributed by atoms with Gasteiger partial charge in [-0.1, -0.05) is 11.6 Å². The second-order valence-electron chi connectivity index (χ2n) is 3.16. The number of carbonyl (C=O) groups is 1. The van der Waals surface area contributed by atoms with Crippen LogP contribution >= 0.6 is 11.6 Å². The molecule has 1 amide bonds. The number of hydrogen-bond donors (Lipinski definition) is 1. The van der Waals surface area contributed by atoms with Gasteiger partial charge in [-0.25, -0.2) is 0 Å². The molecule has 1 heterocycles. The number of nitrogens with one attached hydrogen (secondary N) is 1. The van der Waals surface area contributed by atoms with E-state index in [2.05, 4.69) is 21.4 Å². The molecule has 0 aliphatic carbocycles. The first-order chi connectivity index (χ1) is 7.74. The zero-order valence-electron chi connectivity index (χ0n) is 8.74. The smallest absolute Gasteiger partial charge is 0.271 e. The van der Waals surface area contributed by atoms with Crippen molar-refractivity contribution in [3.05, 3.63) is 23.0 Å². The van der Waals surface area contributed by atoms with Crippen LogP contribution in [0.1, 0.15) is 29.8 Å². The van der Waals surface area contributed by atoms with Crippen LogP contribution in [-0.2, 0) is 0 Å². The summed E-state index contributed by atoms with van der Waals surface area (Å²) in [4.78, 5) is 11.5. The van der Waals surface area contributed by atoms with Gasteiger partial charge in [0, 0.05) is 13.0 Å². The fraction of sp³-hybridized carbons (Fsp3) is 0.364. The van der Waals surface area contributed by atoms with E-state index >= 15 is 0 Å². The monoisotopic (exact) mass is 237 g/mol. The molecule has 0 aromatic carbocycles. The molecule has 1 rings (SSSR count). The van der Waals surface area contributed by atoms with Crippen LogP contribution in [0.2, 0.25) is 5.15 Å². The van der Waals surface area contributed by atoms with E-state index in [1.165, 1.54) is 12.1 Å². The van der Waals surface area contributed by atoms with Crippen molar-refractivity contribution in [3.63, 3.8) is 0 Å². The third-order valence-electron chi connectivity index (χ3n) is 1.90. The quantitative estimate of drug-likeness (QED) is 0.626. The van der Waals surface area contributed by atoms with Crippen LogP contribution in [0, 0.1) is 12.3 Å². The fourth-order valence-electron chi connectivity index (χ4n) is 1.08. The van der Waals surface area contributed by atoms with Crippen LogP contribution in [0.5, 0.6) is 0 Å². The standard InChI is InChI=1S/C11H12ClN3O/c1-2-3-4-5-8-13-11(16)9-6-7-10(12)15-14-9/h1,6-7H,3-5,8H2,(H,13,16). The minimum Gasteiger partial charge on any atom is -0.351 e. The van der Waals surface area contributed by atoms with Crippen LogP contribution in [-0.4, -0.2) is 22.6 Å². The summed E-state index contributed by atoms with van der Waals surface area (Å²) < 4.78 is 0. The SMILES string of the molecule is C#CCCCCNC(=O)c1ccc(Cl)nn1. The molecule has 4 nitrogen and oxygen atoms in total. The Morgan fingerprint density at radius 2 is 2.25 bits per heavy atom. The van der Waals surface area contributed by atoms with Crippen LogP contribution in [0.3, 0.4) is 0 Å². The summed E-state index contributed by atoms with van der Waals surface area (Å²) in [7, 11) is 0. The third kappa shape index (κ3) is 4.28. The summed E-state index contributed by atoms with van der Waals surface area (Å²) in [5, 5.41) is 10.2. The van der Waals surface area contributed by atoms with Crippen molar-refractivity contribution < 1.29 is 4.79 Å². The van der Waals surface area contributed by atoms with E-state index in [1.807, 2.05) is 0 Å². The second-order valence-corrected chi connectivity index (χ2v) is 3.55. The largest absolute Gasteiger partial charge is 0.351 e. The van der Waals surface area contributed by atoms with Crippen molar-refractivity contribution in [1.29, 1.82) is 0 Å². The minimum atomic E-state index is -0.245. The summed E-state index contributed by atoms with van der Waals surface area (Å²) in [5.41, 5.74) is 0.265. The van der Waals surface area contributed by atoms with Gasteiger partial charge < -0.3 is 5.32 Å². The number of aromatic nitrogens is 2. The Kier molecular flexibility index (Phi) is 5.30. The number of terminal acetylenes is 1. The first kappa shape index (κ1) is 12.5. The molecule has 0 unspecified atom stereocenters. The van der Waals surface area contributed by atoms with Crippen molar-refractivity contribution in [2.24, 2.45) is 0 Å². The predicted molar refractivity (Wildman–Crippen MR) is 62.1 cm³/mol. The van der Waals surface area contributed by atoms with E-state index < -0.39 is 0 Å². The molecule has 0 aliphatic heterocycles. The summed E-state index contributed by atoms with van der Waals surface area (Å²) in [6.45, 7) is 0.588. The number of halogens is 1. The molecule has 0 radical (unpaired) electrons. The van der Waals surface area contributed by atoms with Crippen molar-refractivity contribution in [1.82, 2.24) is 15.5 Å². The first-order valence-electron chi connectivity index (χ1n) is 4.95. The summed E-state index contributed by atoms with van der Waals surface area (Å²) in [5.74, 6) is 2.30. The lowest BCUT2D eigenvalue weighted by atomic mass is 10.2. The maximum absolute atomic E-state index is 11.5. The van der Waals surface area contributed by atoms with E-state index in [0.29, 0.717) is 6.54 Å². The number of amides is 1. The fourth-order valence-corrected chi connectivity index (χ4v) is 1.18. The van der Waals surface area contributed by atoms with Crippen LogP contribution in [0.25, 0.3) is 0 Å². The maximum Gasteiger partial charge on any atom is 0.271 e. The number of rotatable bonds is 5. The minimum absolute atomic E-state index is 0.245. The molecule has 0 saturated carbocycles. The lowest BCUT2D eigenvalue weighted by Crippen LogP contribution is -2.25. The topological polar surface area (TPSA) is 54.9 Å². The van der Waals surface area contributed by atoms with Crippen LogP contribution in [0.4, 0.5) is 0 Å². The number of unbranched alkanes of at least 4 members (excludes halogenated alkanes) is 2. The normalized spacial score (nSPS) is 9.50. The van der Waals surface area contributed by atoms with Gasteiger partial charge in [0.2, 0.25) is 0 Å². The Labute approximate surface area is 99.4 Å². The molecule has 0 spiro atoms. The molecule has 16 heavy (non-hydrogen) atoms. The molecular formula is C11H12ClN3O. The first-order valence-corrected chi connectivity index (χ1v) is 5.32. The van der Waals surface area contributed by atoms with Crippen molar-refractivity contribution in [2.45, 2.75) is 19.3 Å². The Morgan fingerprint density at radius 3 is 2.88 bits per heavy atom. The number of carbonyl (C=O) groups excluding carboxylic acids is 1. The average molecular weight is 238 g/mol. The summed E-state index contributed by atoms with van der Waals surface area (Å²) >= 11 is 5.55. The molecule has 0 aliphatic rings. The average Bonchev–Trinajstić information content (AvgIpc) is 2.29. The molecule has 0 saturated heterocycles. The molecule has 1 N–H and O–H groups in total. The Bertz CT molecular complexity index is 383. The zero-order valence-corrected chi connectivity index (χ0v) is 9.50. The lowest BCUT2D eigenvalue weighted by Gasteiger charge is -2.02. The van der Waals surface area contributed by atoms with Gasteiger partial charge in [0.15, 0.2) is 10.8 Å². The van der Waals surface area contributed by atoms with Crippen LogP contribution < -0.4 is 5.32 Å². The Hall–Kier alpha value is -1.60. The molecule has 84 valence electrons. The third-order valence-corrected chi connectivity index (χ3v) is 2.10. The Morgan fingerprint density at radius 1 is 1.44 bits per heavy atom. The highest BCUT2D eigenvalue weighted by Crippen LogP contribution is 2.02. The molecule has 0 atom stereocenters. The lowest BCUT2D eigenvalue weighted by molar-refractivity contribution is 0.0947. The van der Waals surface area contributed by atoms with E-state index in [0.717, 1.165) is 19.3 Å². The van der Waals surface area contributed by atoms with Crippen LogP contribution in [0.15, 0.2) is 12.1 Å². The number of hydrogen-bond acceptors (Lipinski definition) is 3. The summed E-state index contributed by atoms with van der Waals surface area (Å²) in [6.07, 6.45) is 7.60. The highest BCUT2D eigenvalue weighted by molar-refractivity contribution is 6.29. The van der Waals surface area contributed by atoms with Gasteiger partial charge in [0.1, 0.15) is 0 Å². The molecule has 0 fully saturated rings. The predicted octanol–water partition coefficient (Wildman–Crippen LogP) is 1.66. The maximum atomic E-state index is 11.5. The Balaban J connectivity index is 2.30. The second kappa shape index (κ2) is 6.81. The van der Waals surface area contributed by atoms with E-state index in [9.17, 15) is 4.79 Å². The van der Waals surface area contributed by atoms with E-state index in [1.54, 1.807) is 0 Å². The highest BCUT2D eigenvalue weighted by Gasteiger charge is 2.06. The van der Waals surface area contributed by atoms with Crippen molar-refractivity contribution in [3.8, 4) is 12.3 Å². The van der Waals surface area contributed by atoms with Gasteiger partial charge in [-0.3, -0.25) is 4.79 Å². The molecule has 1 aromatic rings. The zero-order chi connectivity index (χ0) is 11.8. The van der Waals surface area contributed by atoms with Gasteiger partial charge in [-0.2, -0.15) is 0 Å². The van der Waals surface area contributed by atoms with E-state index in [-0.39, 0.29) is 16.8 Å². The molecule has 1 aromatic heterocycles. The van der Waals surface area contributed by atoms with Gasteiger partial charge >= 0.3 is 0 Å². The van der Waals surface area contributed by atoms with Gasteiger partial charge in [0.25, 0.3) is 5.91 Å². The summed E-state index contributed by atoms with van der Waals surface area (Å²) in [6, 6.07) is 3.06. The molecular weight excluding hydrogens is 226 g/mol. The molecule has 0 bridgehead atoms. The van der Waals surface area contributed by atoms with Crippen molar-refractivity contribution in [2.75, 3.05) is 6.54 Å².